The van der Waals surface area contributed by atoms with E-state index in [1.807, 2.05) is 4.90 Å². The summed E-state index contributed by atoms with van der Waals surface area (Å²) in [7, 11) is -3.65. The first-order valence-electron chi connectivity index (χ1n) is 7.77. The van der Waals surface area contributed by atoms with Gasteiger partial charge in [0.15, 0.2) is 0 Å². The summed E-state index contributed by atoms with van der Waals surface area (Å²) in [6.45, 7) is 1.18. The van der Waals surface area contributed by atoms with Gasteiger partial charge in [-0.05, 0) is 24.3 Å². The molecule has 1 aromatic carbocycles. The van der Waals surface area contributed by atoms with Gasteiger partial charge in [0.05, 0.1) is 36.6 Å². The summed E-state index contributed by atoms with van der Waals surface area (Å²) in [6.07, 6.45) is -3.50. The van der Waals surface area contributed by atoms with Gasteiger partial charge in [-0.15, -0.1) is 0 Å². The van der Waals surface area contributed by atoms with Crippen LogP contribution in [-0.4, -0.2) is 38.9 Å². The molecule has 2 heterocycles. The van der Waals surface area contributed by atoms with Crippen molar-refractivity contribution in [3.8, 4) is 0 Å². The molecule has 26 heavy (non-hydrogen) atoms. The lowest BCUT2D eigenvalue weighted by molar-refractivity contribution is -0.367. The third-order valence-electron chi connectivity index (χ3n) is 4.14. The predicted octanol–water partition coefficient (Wildman–Crippen LogP) is 2.68. The van der Waals surface area contributed by atoms with Crippen LogP contribution in [0.5, 0.6) is 0 Å². The number of rotatable bonds is 3. The fourth-order valence-electron chi connectivity index (χ4n) is 2.74. The average molecular weight is 407 g/mol. The number of nitrogens with zero attached hydrogens (tertiary/aromatic N) is 2. The van der Waals surface area contributed by atoms with Gasteiger partial charge in [0, 0.05) is 11.1 Å². The minimum Gasteiger partial charge on any atom is -0.259 e. The summed E-state index contributed by atoms with van der Waals surface area (Å²) in [5.41, 5.74) is -0.761. The number of hydrogen-bond donors (Lipinski definition) is 0. The number of alkyl halides is 3. The molecule has 0 amide bonds. The molecule has 3 rings (SSSR count). The van der Waals surface area contributed by atoms with E-state index in [1.165, 1.54) is 22.5 Å². The van der Waals surface area contributed by atoms with Crippen LogP contribution in [0.2, 0.25) is 5.02 Å². The van der Waals surface area contributed by atoms with Crippen LogP contribution >= 0.6 is 11.6 Å². The number of aromatic amines is 1. The highest BCUT2D eigenvalue weighted by molar-refractivity contribution is 7.89. The molecule has 0 atom stereocenters. The van der Waals surface area contributed by atoms with Crippen LogP contribution in [0.3, 0.4) is 0 Å². The number of piperazine rings is 1. The number of nitrogens with one attached hydrogen (secondary N) is 1. The maximum Gasteiger partial charge on any atom is 0.419 e. The Morgan fingerprint density at radius 1 is 1.04 bits per heavy atom. The highest BCUT2D eigenvalue weighted by atomic mass is 35.5. The quantitative estimate of drug-likeness (QED) is 0.787. The maximum atomic E-state index is 12.7. The van der Waals surface area contributed by atoms with Crippen molar-refractivity contribution in [2.75, 3.05) is 31.1 Å². The SMILES string of the molecule is O=S(=O)(c1cccc(Cl)c1)N1CCN(c2ccc(C(F)(F)F)c[nH+]2)CC1. The molecule has 0 aliphatic carbocycles. The zero-order valence-electron chi connectivity index (χ0n) is 13.5. The minimum absolute atomic E-state index is 0.125. The molecule has 140 valence electrons. The summed E-state index contributed by atoms with van der Waals surface area (Å²) in [4.78, 5) is 4.56. The number of hydrogen-bond acceptors (Lipinski definition) is 3. The number of halogens is 4. The van der Waals surface area contributed by atoms with E-state index in [-0.39, 0.29) is 18.0 Å². The Bertz CT molecular complexity index is 880. The van der Waals surface area contributed by atoms with E-state index in [1.54, 1.807) is 12.1 Å². The van der Waals surface area contributed by atoms with Crippen molar-refractivity contribution in [1.82, 2.24) is 4.31 Å². The molecule has 0 unspecified atom stereocenters. The van der Waals surface area contributed by atoms with Crippen molar-refractivity contribution in [3.05, 3.63) is 53.2 Å². The van der Waals surface area contributed by atoms with Crippen molar-refractivity contribution < 1.29 is 26.6 Å². The highest BCUT2D eigenvalue weighted by Crippen LogP contribution is 2.28. The fourth-order valence-corrected chi connectivity index (χ4v) is 4.46. The predicted molar refractivity (Wildman–Crippen MR) is 90.4 cm³/mol. The van der Waals surface area contributed by atoms with Gasteiger partial charge < -0.3 is 0 Å². The first-order valence-corrected chi connectivity index (χ1v) is 9.59. The summed E-state index contributed by atoms with van der Waals surface area (Å²) in [5, 5.41) is 0.337. The van der Waals surface area contributed by atoms with Gasteiger partial charge in [0.1, 0.15) is 6.20 Å². The standard InChI is InChI=1S/C16H15ClF3N3O2S/c17-13-2-1-3-14(10-13)26(24,25)23-8-6-22(7-9-23)15-5-4-12(11-21-15)16(18,19)20/h1-5,10-11H,6-9H2/p+1. The van der Waals surface area contributed by atoms with Crippen molar-refractivity contribution in [2.45, 2.75) is 11.1 Å². The molecule has 0 spiro atoms. The lowest BCUT2D eigenvalue weighted by Gasteiger charge is -2.30. The van der Waals surface area contributed by atoms with Crippen LogP contribution < -0.4 is 9.88 Å². The van der Waals surface area contributed by atoms with E-state index in [0.717, 1.165) is 12.3 Å². The molecule has 1 aromatic heterocycles. The normalized spacial score (nSPS) is 16.7. The molecular formula is C16H16ClF3N3O2S+. The van der Waals surface area contributed by atoms with Crippen LogP contribution in [0.4, 0.5) is 19.0 Å². The smallest absolute Gasteiger partial charge is 0.259 e. The number of H-pyrrole nitrogens is 1. The molecule has 10 heteroatoms. The molecule has 1 aliphatic heterocycles. The molecule has 0 bridgehead atoms. The third kappa shape index (κ3) is 3.94. The monoisotopic (exact) mass is 406 g/mol. The number of pyridine rings is 1. The van der Waals surface area contributed by atoms with Gasteiger partial charge in [-0.3, -0.25) is 4.90 Å². The molecule has 0 radical (unpaired) electrons. The van der Waals surface area contributed by atoms with Crippen LogP contribution in [-0.2, 0) is 16.2 Å². The van der Waals surface area contributed by atoms with E-state index in [9.17, 15) is 21.6 Å². The van der Waals surface area contributed by atoms with E-state index < -0.39 is 21.8 Å². The molecule has 2 aromatic rings. The van der Waals surface area contributed by atoms with Crippen molar-refractivity contribution >= 4 is 27.4 Å². The molecule has 1 N–H and O–H groups in total. The van der Waals surface area contributed by atoms with Gasteiger partial charge in [0.2, 0.25) is 10.0 Å². The molecule has 5 nitrogen and oxygen atoms in total. The second-order valence-corrected chi connectivity index (χ2v) is 8.18. The van der Waals surface area contributed by atoms with Gasteiger partial charge in [-0.25, -0.2) is 13.4 Å². The summed E-state index contributed by atoms with van der Waals surface area (Å²) in [5.74, 6) is 0.512. The minimum atomic E-state index is -4.40. The molecule has 1 fully saturated rings. The topological polar surface area (TPSA) is 54.8 Å². The van der Waals surface area contributed by atoms with Crippen LogP contribution in [0.25, 0.3) is 0 Å². The molecule has 1 saturated heterocycles. The lowest BCUT2D eigenvalue weighted by Crippen LogP contribution is -2.49. The Morgan fingerprint density at radius 2 is 1.73 bits per heavy atom. The second-order valence-electron chi connectivity index (χ2n) is 5.81. The molecule has 0 saturated carbocycles. The van der Waals surface area contributed by atoms with Gasteiger partial charge in [-0.1, -0.05) is 17.7 Å². The first kappa shape index (κ1) is 18.9. The Labute approximate surface area is 154 Å². The molecular weight excluding hydrogens is 391 g/mol. The van der Waals surface area contributed by atoms with Crippen molar-refractivity contribution in [3.63, 3.8) is 0 Å². The Balaban J connectivity index is 1.69. The van der Waals surface area contributed by atoms with Crippen LogP contribution in [0, 0.1) is 0 Å². The summed E-state index contributed by atoms with van der Waals surface area (Å²) >= 11 is 5.86. The number of benzene rings is 1. The first-order chi connectivity index (χ1) is 12.2. The van der Waals surface area contributed by atoms with Crippen molar-refractivity contribution in [2.24, 2.45) is 0 Å². The van der Waals surface area contributed by atoms with E-state index >= 15 is 0 Å². The molecule has 1 aliphatic rings. The Kier molecular flexibility index (Phi) is 5.14. The van der Waals surface area contributed by atoms with Gasteiger partial charge >= 0.3 is 6.18 Å². The van der Waals surface area contributed by atoms with Crippen LogP contribution in [0.1, 0.15) is 5.56 Å². The van der Waals surface area contributed by atoms with Crippen LogP contribution in [0.15, 0.2) is 47.5 Å². The summed E-state index contributed by atoms with van der Waals surface area (Å²) < 4.78 is 64.5. The van der Waals surface area contributed by atoms with E-state index in [4.69, 9.17) is 11.6 Å². The number of aromatic nitrogens is 1. The van der Waals surface area contributed by atoms with E-state index in [0.29, 0.717) is 23.9 Å². The van der Waals surface area contributed by atoms with E-state index in [2.05, 4.69) is 4.98 Å². The highest BCUT2D eigenvalue weighted by Gasteiger charge is 2.34. The lowest BCUT2D eigenvalue weighted by atomic mass is 10.2. The second kappa shape index (κ2) is 7.05. The average Bonchev–Trinajstić information content (AvgIpc) is 2.61. The fraction of sp³-hybridized carbons (Fsp3) is 0.312. The maximum absolute atomic E-state index is 12.7. The Hall–Kier alpha value is -1.84. The van der Waals surface area contributed by atoms with Gasteiger partial charge in [0.25, 0.3) is 5.82 Å². The number of anilines is 1. The van der Waals surface area contributed by atoms with Gasteiger partial charge in [-0.2, -0.15) is 17.5 Å². The largest absolute Gasteiger partial charge is 0.419 e. The zero-order chi connectivity index (χ0) is 18.9. The zero-order valence-corrected chi connectivity index (χ0v) is 15.1. The Morgan fingerprint density at radius 3 is 2.27 bits per heavy atom. The number of sulfonamides is 1. The van der Waals surface area contributed by atoms with Crippen molar-refractivity contribution in [1.29, 1.82) is 0 Å². The third-order valence-corrected chi connectivity index (χ3v) is 6.27. The summed E-state index contributed by atoms with van der Waals surface area (Å²) in [6, 6.07) is 8.40.